The zero-order valence-corrected chi connectivity index (χ0v) is 10.3. The van der Waals surface area contributed by atoms with Crippen LogP contribution in [-0.2, 0) is 4.74 Å². The van der Waals surface area contributed by atoms with Crippen molar-refractivity contribution in [2.24, 2.45) is 0 Å². The Bertz CT molecular complexity index is 156. The maximum atomic E-state index is 6.11. The number of alkyl halides is 1. The van der Waals surface area contributed by atoms with Gasteiger partial charge in [-0.2, -0.15) is 0 Å². The Morgan fingerprint density at radius 3 is 2.31 bits per heavy atom. The average molecular weight is 294 g/mol. The summed E-state index contributed by atoms with van der Waals surface area (Å²) in [6.45, 7) is 0. The maximum absolute atomic E-state index is 6.11. The van der Waals surface area contributed by atoms with Crippen molar-refractivity contribution in [3.05, 3.63) is 0 Å². The van der Waals surface area contributed by atoms with Crippen molar-refractivity contribution in [2.75, 3.05) is 0 Å². The van der Waals surface area contributed by atoms with Crippen LogP contribution in [0, 0.1) is 0 Å². The predicted octanol–water partition coefficient (Wildman–Crippen LogP) is 3.69. The molecule has 76 valence electrons. The van der Waals surface area contributed by atoms with Crippen LogP contribution in [0.25, 0.3) is 0 Å². The van der Waals surface area contributed by atoms with Gasteiger partial charge in [0.25, 0.3) is 0 Å². The molecule has 1 nitrogen and oxygen atoms in total. The molecular formula is C11H19IO. The third-order valence-electron chi connectivity index (χ3n) is 3.29. The van der Waals surface area contributed by atoms with Crippen LogP contribution in [0.4, 0.5) is 0 Å². The molecular weight excluding hydrogens is 275 g/mol. The Morgan fingerprint density at radius 2 is 1.62 bits per heavy atom. The molecule has 2 heteroatoms. The van der Waals surface area contributed by atoms with Crippen molar-refractivity contribution in [3.63, 3.8) is 0 Å². The van der Waals surface area contributed by atoms with E-state index in [9.17, 15) is 0 Å². The van der Waals surface area contributed by atoms with Gasteiger partial charge in [0.1, 0.15) is 0 Å². The van der Waals surface area contributed by atoms with Crippen molar-refractivity contribution in [2.45, 2.75) is 67.5 Å². The van der Waals surface area contributed by atoms with Gasteiger partial charge in [-0.1, -0.05) is 41.9 Å². The van der Waals surface area contributed by atoms with Gasteiger partial charge in [-0.05, 0) is 32.1 Å². The minimum absolute atomic E-state index is 0.577. The lowest BCUT2D eigenvalue weighted by Crippen LogP contribution is -2.32. The van der Waals surface area contributed by atoms with E-state index in [1.165, 1.54) is 51.4 Å². The molecule has 0 bridgehead atoms. The first-order chi connectivity index (χ1) is 6.36. The first-order valence-electron chi connectivity index (χ1n) is 5.66. The lowest BCUT2D eigenvalue weighted by atomic mass is 9.95. The van der Waals surface area contributed by atoms with E-state index in [4.69, 9.17) is 4.74 Å². The van der Waals surface area contributed by atoms with E-state index in [-0.39, 0.29) is 0 Å². The molecule has 0 spiro atoms. The monoisotopic (exact) mass is 294 g/mol. The van der Waals surface area contributed by atoms with Crippen LogP contribution in [0.5, 0.6) is 0 Å². The van der Waals surface area contributed by atoms with E-state index in [1.807, 2.05) is 0 Å². The summed E-state index contributed by atoms with van der Waals surface area (Å²) >= 11 is 2.59. The summed E-state index contributed by atoms with van der Waals surface area (Å²) in [6.07, 6.45) is 12.1. The first kappa shape index (κ1) is 10.2. The molecule has 0 N–H and O–H groups in total. The highest BCUT2D eigenvalue weighted by Crippen LogP contribution is 2.31. The molecule has 0 aromatic heterocycles. The summed E-state index contributed by atoms with van der Waals surface area (Å²) in [7, 11) is 0. The fourth-order valence-corrected chi connectivity index (χ4v) is 3.11. The second-order valence-electron chi connectivity index (χ2n) is 4.38. The lowest BCUT2D eigenvalue weighted by molar-refractivity contribution is -0.0519. The standard InChI is InChI=1S/C11H19IO/c12-10-7-2-1-3-8-11(10)13-9-5-4-6-9/h9-11H,1-8H2. The van der Waals surface area contributed by atoms with Gasteiger partial charge in [-0.3, -0.25) is 0 Å². The highest BCUT2D eigenvalue weighted by Gasteiger charge is 2.27. The predicted molar refractivity (Wildman–Crippen MR) is 63.4 cm³/mol. The number of rotatable bonds is 2. The summed E-state index contributed by atoms with van der Waals surface area (Å²) in [5, 5.41) is 0. The van der Waals surface area contributed by atoms with E-state index < -0.39 is 0 Å². The van der Waals surface area contributed by atoms with Crippen LogP contribution >= 0.6 is 22.6 Å². The van der Waals surface area contributed by atoms with Crippen LogP contribution in [-0.4, -0.2) is 16.1 Å². The van der Waals surface area contributed by atoms with E-state index in [0.717, 1.165) is 3.92 Å². The van der Waals surface area contributed by atoms with Crippen LogP contribution in [0.2, 0.25) is 0 Å². The molecule has 0 saturated heterocycles. The zero-order chi connectivity index (χ0) is 9.10. The van der Waals surface area contributed by atoms with Gasteiger partial charge in [0.2, 0.25) is 0 Å². The minimum atomic E-state index is 0.577. The molecule has 2 aliphatic rings. The van der Waals surface area contributed by atoms with Crippen molar-refractivity contribution < 1.29 is 4.74 Å². The summed E-state index contributed by atoms with van der Waals surface area (Å²) in [6, 6.07) is 0. The van der Waals surface area contributed by atoms with Crippen molar-refractivity contribution in [1.29, 1.82) is 0 Å². The topological polar surface area (TPSA) is 9.23 Å². The molecule has 0 aromatic carbocycles. The number of halogens is 1. The van der Waals surface area contributed by atoms with Crippen LogP contribution in [0.15, 0.2) is 0 Å². The first-order valence-corrected chi connectivity index (χ1v) is 6.90. The quantitative estimate of drug-likeness (QED) is 0.429. The maximum Gasteiger partial charge on any atom is 0.0696 e. The molecule has 0 aromatic rings. The third kappa shape index (κ3) is 2.82. The summed E-state index contributed by atoms with van der Waals surface area (Å²) in [4.78, 5) is 0. The van der Waals surface area contributed by atoms with E-state index >= 15 is 0 Å². The molecule has 2 saturated carbocycles. The Labute approximate surface area is 94.8 Å². The second-order valence-corrected chi connectivity index (χ2v) is 5.98. The van der Waals surface area contributed by atoms with Crippen LogP contribution in [0.1, 0.15) is 51.4 Å². The summed E-state index contributed by atoms with van der Waals surface area (Å²) in [5.41, 5.74) is 0. The van der Waals surface area contributed by atoms with Crippen LogP contribution < -0.4 is 0 Å². The van der Waals surface area contributed by atoms with E-state index in [0.29, 0.717) is 12.2 Å². The van der Waals surface area contributed by atoms with Gasteiger partial charge < -0.3 is 4.74 Å². The average Bonchev–Trinajstić information content (AvgIpc) is 2.23. The highest BCUT2D eigenvalue weighted by atomic mass is 127. The van der Waals surface area contributed by atoms with Gasteiger partial charge in [-0.25, -0.2) is 0 Å². The summed E-state index contributed by atoms with van der Waals surface area (Å²) in [5.74, 6) is 0. The van der Waals surface area contributed by atoms with E-state index in [2.05, 4.69) is 22.6 Å². The molecule has 2 fully saturated rings. The minimum Gasteiger partial charge on any atom is -0.374 e. The van der Waals surface area contributed by atoms with Gasteiger partial charge in [-0.15, -0.1) is 0 Å². The van der Waals surface area contributed by atoms with Gasteiger partial charge in [0.15, 0.2) is 0 Å². The Morgan fingerprint density at radius 1 is 0.846 bits per heavy atom. The molecule has 2 aliphatic carbocycles. The Balaban J connectivity index is 1.79. The SMILES string of the molecule is IC1CCCCCC1OC1CCC1. The molecule has 2 unspecified atom stereocenters. The molecule has 2 atom stereocenters. The van der Waals surface area contributed by atoms with Crippen LogP contribution in [0.3, 0.4) is 0 Å². The molecule has 0 aliphatic heterocycles. The zero-order valence-electron chi connectivity index (χ0n) is 8.18. The highest BCUT2D eigenvalue weighted by molar-refractivity contribution is 14.1. The fraction of sp³-hybridized carbons (Fsp3) is 1.00. The second kappa shape index (κ2) is 4.96. The fourth-order valence-electron chi connectivity index (χ4n) is 2.14. The Kier molecular flexibility index (Phi) is 3.90. The van der Waals surface area contributed by atoms with Gasteiger partial charge in [0.05, 0.1) is 12.2 Å². The molecule has 0 radical (unpaired) electrons. The Hall–Kier alpha value is 0.690. The van der Waals surface area contributed by atoms with Gasteiger partial charge in [0, 0.05) is 3.92 Å². The lowest BCUT2D eigenvalue weighted by Gasteiger charge is -2.32. The summed E-state index contributed by atoms with van der Waals surface area (Å²) < 4.78 is 6.89. The molecule has 2 rings (SSSR count). The van der Waals surface area contributed by atoms with Gasteiger partial charge >= 0.3 is 0 Å². The van der Waals surface area contributed by atoms with E-state index in [1.54, 1.807) is 0 Å². The number of ether oxygens (including phenoxy) is 1. The number of hydrogen-bond acceptors (Lipinski definition) is 1. The van der Waals surface area contributed by atoms with Crippen molar-refractivity contribution >= 4 is 22.6 Å². The van der Waals surface area contributed by atoms with Crippen molar-refractivity contribution in [3.8, 4) is 0 Å². The largest absolute Gasteiger partial charge is 0.374 e. The van der Waals surface area contributed by atoms with Crippen molar-refractivity contribution in [1.82, 2.24) is 0 Å². The smallest absolute Gasteiger partial charge is 0.0696 e. The molecule has 0 amide bonds. The normalized spacial score (nSPS) is 36.7. The molecule has 13 heavy (non-hydrogen) atoms. The number of hydrogen-bond donors (Lipinski definition) is 0. The third-order valence-corrected chi connectivity index (χ3v) is 4.72. The molecule has 0 heterocycles.